The Balaban J connectivity index is 2.94. The smallest absolute Gasteiger partial charge is 0.179 e. The molecule has 1 heterocycles. The van der Waals surface area contributed by atoms with Gasteiger partial charge in [-0.05, 0) is 6.07 Å². The maximum absolute atomic E-state index is 3.26. The molecule has 0 aromatic carbocycles. The fraction of sp³-hybridized carbons (Fsp3) is 0.375. The summed E-state index contributed by atoms with van der Waals surface area (Å²) in [6, 6.07) is 6.25. The van der Waals surface area contributed by atoms with Crippen LogP contribution in [0.3, 0.4) is 0 Å². The SMILES string of the molecule is CCc1cccc(C)[nH+]1. The van der Waals surface area contributed by atoms with Gasteiger partial charge in [0.15, 0.2) is 11.4 Å². The molecule has 0 saturated carbocycles. The first-order chi connectivity index (χ1) is 4.33. The zero-order valence-corrected chi connectivity index (χ0v) is 5.94. The first kappa shape index (κ1) is 6.27. The van der Waals surface area contributed by atoms with Crippen LogP contribution >= 0.6 is 0 Å². The van der Waals surface area contributed by atoms with Crippen LogP contribution in [0.1, 0.15) is 18.3 Å². The Morgan fingerprint density at radius 3 is 2.67 bits per heavy atom. The minimum Gasteiger partial charge on any atom is -0.213 e. The third kappa shape index (κ3) is 1.53. The molecule has 0 fully saturated rings. The molecule has 0 radical (unpaired) electrons. The summed E-state index contributed by atoms with van der Waals surface area (Å²) in [5.74, 6) is 0. The molecule has 0 spiro atoms. The summed E-state index contributed by atoms with van der Waals surface area (Å²) in [4.78, 5) is 3.26. The fourth-order valence-corrected chi connectivity index (χ4v) is 0.851. The Labute approximate surface area is 55.7 Å². The topological polar surface area (TPSA) is 14.1 Å². The van der Waals surface area contributed by atoms with Gasteiger partial charge in [-0.3, -0.25) is 0 Å². The minimum atomic E-state index is 1.08. The molecule has 0 unspecified atom stereocenters. The van der Waals surface area contributed by atoms with Gasteiger partial charge in [0.2, 0.25) is 0 Å². The molecule has 0 bridgehead atoms. The Morgan fingerprint density at radius 2 is 2.22 bits per heavy atom. The molecule has 0 aliphatic rings. The van der Waals surface area contributed by atoms with Gasteiger partial charge in [-0.2, -0.15) is 0 Å². The van der Waals surface area contributed by atoms with Crippen LogP contribution in [0.5, 0.6) is 0 Å². The van der Waals surface area contributed by atoms with Crippen LogP contribution in [0.2, 0.25) is 0 Å². The third-order valence-corrected chi connectivity index (χ3v) is 1.38. The number of H-pyrrole nitrogens is 1. The van der Waals surface area contributed by atoms with Gasteiger partial charge in [-0.25, -0.2) is 4.98 Å². The number of hydrogen-bond donors (Lipinski definition) is 0. The van der Waals surface area contributed by atoms with Gasteiger partial charge >= 0.3 is 0 Å². The van der Waals surface area contributed by atoms with E-state index < -0.39 is 0 Å². The van der Waals surface area contributed by atoms with Crippen molar-refractivity contribution in [3.63, 3.8) is 0 Å². The van der Waals surface area contributed by atoms with Crippen molar-refractivity contribution in [1.82, 2.24) is 0 Å². The van der Waals surface area contributed by atoms with Crippen LogP contribution in [-0.2, 0) is 6.42 Å². The number of rotatable bonds is 1. The summed E-state index contributed by atoms with van der Waals surface area (Å²) in [7, 11) is 0. The summed E-state index contributed by atoms with van der Waals surface area (Å²) in [5, 5.41) is 0. The van der Waals surface area contributed by atoms with Gasteiger partial charge in [0.05, 0.1) is 0 Å². The Morgan fingerprint density at radius 1 is 1.44 bits per heavy atom. The molecular formula is C8H12N+. The predicted octanol–water partition coefficient (Wildman–Crippen LogP) is 1.37. The summed E-state index contributed by atoms with van der Waals surface area (Å²) in [6.07, 6.45) is 1.08. The lowest BCUT2D eigenvalue weighted by Crippen LogP contribution is -2.12. The van der Waals surface area contributed by atoms with E-state index in [1.54, 1.807) is 0 Å². The molecule has 0 saturated heterocycles. The molecule has 1 heteroatoms. The maximum atomic E-state index is 3.26. The van der Waals surface area contributed by atoms with Crippen molar-refractivity contribution in [3.8, 4) is 0 Å². The van der Waals surface area contributed by atoms with Crippen molar-refractivity contribution in [2.24, 2.45) is 0 Å². The van der Waals surface area contributed by atoms with Crippen molar-refractivity contribution < 1.29 is 4.98 Å². The highest BCUT2D eigenvalue weighted by Crippen LogP contribution is 1.91. The second-order valence-corrected chi connectivity index (χ2v) is 2.21. The number of aromatic nitrogens is 1. The van der Waals surface area contributed by atoms with Crippen molar-refractivity contribution in [1.29, 1.82) is 0 Å². The third-order valence-electron chi connectivity index (χ3n) is 1.38. The quantitative estimate of drug-likeness (QED) is 0.534. The normalized spacial score (nSPS) is 9.56. The van der Waals surface area contributed by atoms with Gasteiger partial charge in [-0.1, -0.05) is 6.92 Å². The van der Waals surface area contributed by atoms with E-state index in [9.17, 15) is 0 Å². The molecule has 1 N–H and O–H groups in total. The van der Waals surface area contributed by atoms with Crippen molar-refractivity contribution in [2.45, 2.75) is 20.3 Å². The number of hydrogen-bond acceptors (Lipinski definition) is 0. The van der Waals surface area contributed by atoms with E-state index in [-0.39, 0.29) is 0 Å². The van der Waals surface area contributed by atoms with E-state index in [2.05, 4.69) is 37.0 Å². The monoisotopic (exact) mass is 122 g/mol. The van der Waals surface area contributed by atoms with E-state index in [1.165, 1.54) is 11.4 Å². The first-order valence-corrected chi connectivity index (χ1v) is 3.30. The molecule has 0 atom stereocenters. The summed E-state index contributed by atoms with van der Waals surface area (Å²) in [5.41, 5.74) is 2.53. The summed E-state index contributed by atoms with van der Waals surface area (Å²) in [6.45, 7) is 4.21. The first-order valence-electron chi connectivity index (χ1n) is 3.30. The van der Waals surface area contributed by atoms with Crippen LogP contribution < -0.4 is 4.98 Å². The Kier molecular flexibility index (Phi) is 1.83. The van der Waals surface area contributed by atoms with Gasteiger partial charge in [0, 0.05) is 25.5 Å². The predicted molar refractivity (Wildman–Crippen MR) is 37.1 cm³/mol. The molecule has 1 rings (SSSR count). The van der Waals surface area contributed by atoms with Gasteiger partial charge < -0.3 is 0 Å². The van der Waals surface area contributed by atoms with Crippen molar-refractivity contribution in [3.05, 3.63) is 29.6 Å². The Bertz CT molecular complexity index is 194. The zero-order chi connectivity index (χ0) is 6.69. The molecule has 0 aliphatic carbocycles. The average Bonchev–Trinajstić information content (AvgIpc) is 1.88. The van der Waals surface area contributed by atoms with E-state index in [4.69, 9.17) is 0 Å². The molecule has 1 aromatic rings. The maximum Gasteiger partial charge on any atom is 0.179 e. The van der Waals surface area contributed by atoms with E-state index in [0.29, 0.717) is 0 Å². The highest BCUT2D eigenvalue weighted by Gasteiger charge is 1.95. The molecule has 9 heavy (non-hydrogen) atoms. The highest BCUT2D eigenvalue weighted by molar-refractivity contribution is 5.01. The number of aryl methyl sites for hydroxylation is 2. The summed E-state index contributed by atoms with van der Waals surface area (Å²) < 4.78 is 0. The van der Waals surface area contributed by atoms with Crippen LogP contribution in [0.4, 0.5) is 0 Å². The molecule has 0 aliphatic heterocycles. The molecule has 1 aromatic heterocycles. The summed E-state index contributed by atoms with van der Waals surface area (Å²) >= 11 is 0. The number of nitrogens with one attached hydrogen (secondary N) is 1. The lowest BCUT2D eigenvalue weighted by atomic mass is 10.3. The largest absolute Gasteiger partial charge is 0.213 e. The van der Waals surface area contributed by atoms with Crippen LogP contribution in [0, 0.1) is 6.92 Å². The second-order valence-electron chi connectivity index (χ2n) is 2.21. The van der Waals surface area contributed by atoms with E-state index >= 15 is 0 Å². The zero-order valence-electron chi connectivity index (χ0n) is 5.94. The van der Waals surface area contributed by atoms with Crippen molar-refractivity contribution >= 4 is 0 Å². The van der Waals surface area contributed by atoms with Crippen LogP contribution in [0.25, 0.3) is 0 Å². The van der Waals surface area contributed by atoms with Crippen molar-refractivity contribution in [2.75, 3.05) is 0 Å². The molecule has 0 amide bonds. The molecule has 48 valence electrons. The highest BCUT2D eigenvalue weighted by atomic mass is 14.7. The van der Waals surface area contributed by atoms with Gasteiger partial charge in [0.25, 0.3) is 0 Å². The standard InChI is InChI=1S/C8H11N/c1-3-8-6-4-5-7(2)9-8/h4-6H,3H2,1-2H3/p+1. The van der Waals surface area contributed by atoms with E-state index in [0.717, 1.165) is 6.42 Å². The minimum absolute atomic E-state index is 1.08. The van der Waals surface area contributed by atoms with E-state index in [1.807, 2.05) is 0 Å². The van der Waals surface area contributed by atoms with Gasteiger partial charge in [-0.15, -0.1) is 0 Å². The molecule has 1 nitrogen and oxygen atoms in total. The van der Waals surface area contributed by atoms with Crippen LogP contribution in [-0.4, -0.2) is 0 Å². The van der Waals surface area contributed by atoms with Gasteiger partial charge in [0.1, 0.15) is 0 Å². The number of pyridine rings is 1. The molecular weight excluding hydrogens is 110 g/mol. The Hall–Kier alpha value is -0.850. The second kappa shape index (κ2) is 2.62. The lowest BCUT2D eigenvalue weighted by molar-refractivity contribution is -0.399. The average molecular weight is 122 g/mol. The lowest BCUT2D eigenvalue weighted by Gasteiger charge is -1.86. The number of aromatic amines is 1. The fourth-order valence-electron chi connectivity index (χ4n) is 0.851. The van der Waals surface area contributed by atoms with Crippen LogP contribution in [0.15, 0.2) is 18.2 Å².